The molecule has 0 bridgehead atoms. The van der Waals surface area contributed by atoms with Crippen LogP contribution in [0.15, 0.2) is 18.2 Å². The van der Waals surface area contributed by atoms with Crippen LogP contribution in [0.25, 0.3) is 0 Å². The number of nitriles is 1. The molecule has 0 amide bonds. The van der Waals surface area contributed by atoms with Crippen LogP contribution >= 0.6 is 0 Å². The van der Waals surface area contributed by atoms with Crippen LogP contribution in [0.1, 0.15) is 29.8 Å². The summed E-state index contributed by atoms with van der Waals surface area (Å²) in [6, 6.07) is 7.31. The Kier molecular flexibility index (Phi) is 3.87. The highest BCUT2D eigenvalue weighted by atomic mass is 16.1. The van der Waals surface area contributed by atoms with Crippen molar-refractivity contribution in [2.45, 2.75) is 13.8 Å². The second-order valence-corrected chi connectivity index (χ2v) is 3.18. The summed E-state index contributed by atoms with van der Waals surface area (Å²) in [5.74, 6) is 0. The molecule has 15 heavy (non-hydrogen) atoms. The first-order valence-corrected chi connectivity index (χ1v) is 5.01. The van der Waals surface area contributed by atoms with Crippen molar-refractivity contribution < 1.29 is 4.79 Å². The number of rotatable bonds is 4. The summed E-state index contributed by atoms with van der Waals surface area (Å²) in [6.07, 6.45) is 0.757. The lowest BCUT2D eigenvalue weighted by atomic mass is 10.1. The highest BCUT2D eigenvalue weighted by Gasteiger charge is 2.08. The predicted molar refractivity (Wildman–Crippen MR) is 60.1 cm³/mol. The van der Waals surface area contributed by atoms with E-state index >= 15 is 0 Å². The molecule has 1 aromatic carbocycles. The SMILES string of the molecule is CCN(CC)c1ccc(C=O)cc1C#N. The molecule has 0 N–H and O–H groups in total. The van der Waals surface area contributed by atoms with Crippen LogP contribution in [0.5, 0.6) is 0 Å². The first-order valence-electron chi connectivity index (χ1n) is 5.01. The minimum Gasteiger partial charge on any atom is -0.371 e. The summed E-state index contributed by atoms with van der Waals surface area (Å²) in [5.41, 5.74) is 2.00. The van der Waals surface area contributed by atoms with Gasteiger partial charge < -0.3 is 4.90 Å². The maximum absolute atomic E-state index is 10.6. The zero-order valence-corrected chi connectivity index (χ0v) is 9.03. The molecule has 0 saturated heterocycles. The molecule has 0 unspecified atom stereocenters. The Morgan fingerprint density at radius 1 is 1.40 bits per heavy atom. The van der Waals surface area contributed by atoms with Crippen molar-refractivity contribution in [3.05, 3.63) is 29.3 Å². The molecule has 0 radical (unpaired) electrons. The van der Waals surface area contributed by atoms with Gasteiger partial charge in [0.15, 0.2) is 0 Å². The van der Waals surface area contributed by atoms with Gasteiger partial charge in [-0.2, -0.15) is 5.26 Å². The molecular weight excluding hydrogens is 188 g/mol. The van der Waals surface area contributed by atoms with Crippen LogP contribution in [0.2, 0.25) is 0 Å². The van der Waals surface area contributed by atoms with E-state index in [0.717, 1.165) is 25.1 Å². The molecule has 1 rings (SSSR count). The normalized spacial score (nSPS) is 9.40. The molecule has 0 aromatic heterocycles. The maximum Gasteiger partial charge on any atom is 0.150 e. The second-order valence-electron chi connectivity index (χ2n) is 3.18. The number of hydrogen-bond donors (Lipinski definition) is 0. The number of carbonyl (C=O) groups excluding carboxylic acids is 1. The molecule has 0 saturated carbocycles. The summed E-state index contributed by atoms with van der Waals surface area (Å²) >= 11 is 0. The van der Waals surface area contributed by atoms with Crippen molar-refractivity contribution in [3.8, 4) is 6.07 Å². The lowest BCUT2D eigenvalue weighted by molar-refractivity contribution is 0.112. The van der Waals surface area contributed by atoms with Gasteiger partial charge in [0.05, 0.1) is 11.3 Å². The van der Waals surface area contributed by atoms with E-state index in [-0.39, 0.29) is 0 Å². The average Bonchev–Trinajstić information content (AvgIpc) is 2.31. The molecule has 0 aliphatic heterocycles. The average molecular weight is 202 g/mol. The maximum atomic E-state index is 10.6. The van der Waals surface area contributed by atoms with Gasteiger partial charge in [-0.25, -0.2) is 0 Å². The molecule has 0 aliphatic carbocycles. The molecule has 0 atom stereocenters. The van der Waals surface area contributed by atoms with Crippen LogP contribution in [0.4, 0.5) is 5.69 Å². The fourth-order valence-corrected chi connectivity index (χ4v) is 1.56. The van der Waals surface area contributed by atoms with Gasteiger partial charge in [-0.15, -0.1) is 0 Å². The zero-order chi connectivity index (χ0) is 11.3. The van der Waals surface area contributed by atoms with E-state index in [4.69, 9.17) is 5.26 Å². The summed E-state index contributed by atoms with van der Waals surface area (Å²) in [5, 5.41) is 8.99. The monoisotopic (exact) mass is 202 g/mol. The fourth-order valence-electron chi connectivity index (χ4n) is 1.56. The van der Waals surface area contributed by atoms with E-state index in [0.29, 0.717) is 11.1 Å². The quantitative estimate of drug-likeness (QED) is 0.703. The van der Waals surface area contributed by atoms with Gasteiger partial charge in [0.25, 0.3) is 0 Å². The molecular formula is C12H14N2O. The molecule has 3 heteroatoms. The van der Waals surface area contributed by atoms with E-state index in [1.165, 1.54) is 0 Å². The number of aldehydes is 1. The van der Waals surface area contributed by atoms with Crippen molar-refractivity contribution in [1.29, 1.82) is 5.26 Å². The smallest absolute Gasteiger partial charge is 0.150 e. The Labute approximate surface area is 89.9 Å². The fraction of sp³-hybridized carbons (Fsp3) is 0.333. The number of carbonyl (C=O) groups is 1. The van der Waals surface area contributed by atoms with Crippen LogP contribution in [-0.2, 0) is 0 Å². The third kappa shape index (κ3) is 2.35. The van der Waals surface area contributed by atoms with Gasteiger partial charge in [0, 0.05) is 18.7 Å². The highest BCUT2D eigenvalue weighted by Crippen LogP contribution is 2.20. The molecule has 3 nitrogen and oxygen atoms in total. The highest BCUT2D eigenvalue weighted by molar-refractivity contribution is 5.78. The first kappa shape index (κ1) is 11.3. The Balaban J connectivity index is 3.19. The molecule has 0 heterocycles. The van der Waals surface area contributed by atoms with Crippen LogP contribution < -0.4 is 4.90 Å². The van der Waals surface area contributed by atoms with Crippen molar-refractivity contribution in [1.82, 2.24) is 0 Å². The van der Waals surface area contributed by atoms with E-state index in [9.17, 15) is 4.79 Å². The van der Waals surface area contributed by atoms with Crippen molar-refractivity contribution >= 4 is 12.0 Å². The van der Waals surface area contributed by atoms with Crippen molar-refractivity contribution in [2.75, 3.05) is 18.0 Å². The Bertz CT molecular complexity index is 389. The van der Waals surface area contributed by atoms with Gasteiger partial charge in [0.1, 0.15) is 12.4 Å². The minimum absolute atomic E-state index is 0.544. The lowest BCUT2D eigenvalue weighted by Gasteiger charge is -2.22. The Morgan fingerprint density at radius 3 is 2.53 bits per heavy atom. The summed E-state index contributed by atoms with van der Waals surface area (Å²) in [7, 11) is 0. The van der Waals surface area contributed by atoms with Gasteiger partial charge >= 0.3 is 0 Å². The first-order chi connectivity index (χ1) is 7.26. The third-order valence-electron chi connectivity index (χ3n) is 2.38. The van der Waals surface area contributed by atoms with Crippen LogP contribution in [0.3, 0.4) is 0 Å². The summed E-state index contributed by atoms with van der Waals surface area (Å²) in [4.78, 5) is 12.7. The van der Waals surface area contributed by atoms with E-state index in [1.807, 2.05) is 19.9 Å². The standard InChI is InChI=1S/C12H14N2O/c1-3-14(4-2)12-6-5-10(9-15)7-11(12)8-13/h5-7,9H,3-4H2,1-2H3. The molecule has 0 fully saturated rings. The summed E-state index contributed by atoms with van der Waals surface area (Å²) < 4.78 is 0. The molecule has 0 aliphatic rings. The molecule has 78 valence electrons. The predicted octanol–water partition coefficient (Wildman–Crippen LogP) is 2.22. The van der Waals surface area contributed by atoms with E-state index in [1.54, 1.807) is 12.1 Å². The topological polar surface area (TPSA) is 44.1 Å². The van der Waals surface area contributed by atoms with Gasteiger partial charge in [-0.05, 0) is 32.0 Å². The minimum atomic E-state index is 0.544. The molecule has 1 aromatic rings. The summed E-state index contributed by atoms with van der Waals surface area (Å²) in [6.45, 7) is 5.79. The number of anilines is 1. The molecule has 0 spiro atoms. The van der Waals surface area contributed by atoms with Gasteiger partial charge in [0.2, 0.25) is 0 Å². The van der Waals surface area contributed by atoms with E-state index < -0.39 is 0 Å². The third-order valence-corrected chi connectivity index (χ3v) is 2.38. The Morgan fingerprint density at radius 2 is 2.07 bits per heavy atom. The number of benzene rings is 1. The van der Waals surface area contributed by atoms with Crippen molar-refractivity contribution in [2.24, 2.45) is 0 Å². The van der Waals surface area contributed by atoms with Crippen molar-refractivity contribution in [3.63, 3.8) is 0 Å². The van der Waals surface area contributed by atoms with Gasteiger partial charge in [-0.3, -0.25) is 4.79 Å². The lowest BCUT2D eigenvalue weighted by Crippen LogP contribution is -2.22. The largest absolute Gasteiger partial charge is 0.371 e. The number of nitrogens with zero attached hydrogens (tertiary/aromatic N) is 2. The Hall–Kier alpha value is -1.82. The number of hydrogen-bond acceptors (Lipinski definition) is 3. The van der Waals surface area contributed by atoms with E-state index in [2.05, 4.69) is 11.0 Å². The second kappa shape index (κ2) is 5.16. The van der Waals surface area contributed by atoms with Crippen LogP contribution in [-0.4, -0.2) is 19.4 Å². The van der Waals surface area contributed by atoms with Gasteiger partial charge in [-0.1, -0.05) is 0 Å². The zero-order valence-electron chi connectivity index (χ0n) is 9.03. The van der Waals surface area contributed by atoms with Crippen LogP contribution in [0, 0.1) is 11.3 Å².